The predicted octanol–water partition coefficient (Wildman–Crippen LogP) is 1.87. The van der Waals surface area contributed by atoms with Crippen molar-refractivity contribution in [2.45, 2.75) is 36.8 Å². The molecule has 2 bridgehead atoms. The number of methoxy groups -OCH3 is 2. The van der Waals surface area contributed by atoms with Gasteiger partial charge >= 0.3 is 0 Å². The van der Waals surface area contributed by atoms with Crippen LogP contribution in [0.5, 0.6) is 0 Å². The van der Waals surface area contributed by atoms with Gasteiger partial charge in [0.15, 0.2) is 11.7 Å². The average molecular weight is 240 g/mol. The zero-order chi connectivity index (χ0) is 12.5. The van der Waals surface area contributed by atoms with Gasteiger partial charge in [-0.2, -0.15) is 0 Å². The summed E-state index contributed by atoms with van der Waals surface area (Å²) in [5.41, 5.74) is -0.490. The summed E-state index contributed by atoms with van der Waals surface area (Å²) in [6.07, 6.45) is 4.56. The van der Waals surface area contributed by atoms with E-state index in [0.29, 0.717) is 5.92 Å². The fraction of sp³-hybridized carbons (Fsp3) is 0.692. The molecule has 0 aromatic heterocycles. The molecule has 0 radical (unpaired) electrons. The highest BCUT2D eigenvalue weighted by Crippen LogP contribution is 2.53. The van der Waals surface area contributed by atoms with E-state index in [-0.39, 0.29) is 18.3 Å². The Labute approximate surface area is 102 Å². The third-order valence-corrected chi connectivity index (χ3v) is 3.99. The van der Waals surface area contributed by atoms with Crippen LogP contribution in [-0.2, 0) is 18.9 Å². The fourth-order valence-corrected chi connectivity index (χ4v) is 3.43. The highest BCUT2D eigenvalue weighted by atomic mass is 16.6. The van der Waals surface area contributed by atoms with Gasteiger partial charge in [0.25, 0.3) is 0 Å². The summed E-state index contributed by atoms with van der Waals surface area (Å²) in [6, 6.07) is 0. The van der Waals surface area contributed by atoms with Gasteiger partial charge in [0.1, 0.15) is 12.2 Å². The first-order valence-electron chi connectivity index (χ1n) is 5.84. The minimum Gasteiger partial charge on any atom is -0.492 e. The predicted molar refractivity (Wildman–Crippen MR) is 63.4 cm³/mol. The Hall–Kier alpha value is -1.00. The molecule has 0 aliphatic heterocycles. The van der Waals surface area contributed by atoms with Crippen LogP contribution in [-0.4, -0.2) is 38.1 Å². The first-order valence-corrected chi connectivity index (χ1v) is 5.84. The summed E-state index contributed by atoms with van der Waals surface area (Å²) in [7, 11) is 3.40. The summed E-state index contributed by atoms with van der Waals surface area (Å²) in [5.74, 6) is 0.398. The molecule has 5 atom stereocenters. The van der Waals surface area contributed by atoms with Crippen LogP contribution in [0, 0.1) is 5.92 Å². The highest BCUT2D eigenvalue weighted by molar-refractivity contribution is 5.16. The summed E-state index contributed by atoms with van der Waals surface area (Å²) < 4.78 is 22.4. The fourth-order valence-electron chi connectivity index (χ4n) is 3.43. The lowest BCUT2D eigenvalue weighted by molar-refractivity contribution is -0.177. The van der Waals surface area contributed by atoms with Crippen molar-refractivity contribution in [2.24, 2.45) is 5.92 Å². The topological polar surface area (TPSA) is 36.9 Å². The van der Waals surface area contributed by atoms with E-state index < -0.39 is 5.60 Å². The van der Waals surface area contributed by atoms with Crippen molar-refractivity contribution in [3.8, 4) is 0 Å². The average Bonchev–Trinajstić information content (AvgIpc) is 2.82. The Morgan fingerprint density at radius 3 is 2.47 bits per heavy atom. The Morgan fingerprint density at radius 1 is 1.18 bits per heavy atom. The third-order valence-electron chi connectivity index (χ3n) is 3.99. The standard InChI is InChI=1S/C13H20O4/c1-5-16-12-11(15-4)9-7-10(14-3)13(12,8-9)17-6-2/h5-6,9-12H,1-2,7-8H2,3-4H3. The monoisotopic (exact) mass is 240 g/mol. The van der Waals surface area contributed by atoms with Gasteiger partial charge in [-0.25, -0.2) is 0 Å². The molecular formula is C13H20O4. The first-order chi connectivity index (χ1) is 8.23. The SMILES string of the molecule is C=COC1C(OC)C2CC(OC)C1(OC=C)C2. The maximum absolute atomic E-state index is 5.77. The molecule has 2 saturated carbocycles. The molecule has 0 aromatic rings. The van der Waals surface area contributed by atoms with Crippen molar-refractivity contribution in [3.63, 3.8) is 0 Å². The number of rotatable bonds is 6. The lowest BCUT2D eigenvalue weighted by Crippen LogP contribution is -2.55. The normalized spacial score (nSPS) is 43.4. The third kappa shape index (κ3) is 1.67. The molecule has 0 heterocycles. The highest BCUT2D eigenvalue weighted by Gasteiger charge is 2.67. The van der Waals surface area contributed by atoms with E-state index in [9.17, 15) is 0 Å². The van der Waals surface area contributed by atoms with Crippen molar-refractivity contribution in [3.05, 3.63) is 25.7 Å². The maximum Gasteiger partial charge on any atom is 0.173 e. The van der Waals surface area contributed by atoms with E-state index in [0.717, 1.165) is 12.8 Å². The number of hydrogen-bond donors (Lipinski definition) is 0. The lowest BCUT2D eigenvalue weighted by atomic mass is 9.88. The Kier molecular flexibility index (Phi) is 3.45. The maximum atomic E-state index is 5.77. The van der Waals surface area contributed by atoms with Gasteiger partial charge in [-0.1, -0.05) is 13.2 Å². The van der Waals surface area contributed by atoms with Crippen LogP contribution in [0.4, 0.5) is 0 Å². The lowest BCUT2D eigenvalue weighted by Gasteiger charge is -2.41. The molecule has 96 valence electrons. The number of hydrogen-bond acceptors (Lipinski definition) is 4. The van der Waals surface area contributed by atoms with Crippen molar-refractivity contribution >= 4 is 0 Å². The molecule has 2 rings (SSSR count). The van der Waals surface area contributed by atoms with Crippen molar-refractivity contribution in [1.82, 2.24) is 0 Å². The number of fused-ring (bicyclic) bond motifs is 2. The molecule has 4 heteroatoms. The van der Waals surface area contributed by atoms with Gasteiger partial charge in [0, 0.05) is 14.2 Å². The smallest absolute Gasteiger partial charge is 0.173 e. The van der Waals surface area contributed by atoms with Crippen LogP contribution in [0.3, 0.4) is 0 Å². The summed E-state index contributed by atoms with van der Waals surface area (Å²) in [4.78, 5) is 0. The molecule has 4 nitrogen and oxygen atoms in total. The molecule has 0 amide bonds. The molecule has 0 saturated heterocycles. The van der Waals surface area contributed by atoms with Gasteiger partial charge in [0.2, 0.25) is 0 Å². The van der Waals surface area contributed by atoms with Crippen molar-refractivity contribution < 1.29 is 18.9 Å². The number of ether oxygens (including phenoxy) is 4. The molecule has 2 fully saturated rings. The molecule has 0 aromatic carbocycles. The van der Waals surface area contributed by atoms with Crippen LogP contribution in [0.1, 0.15) is 12.8 Å². The largest absolute Gasteiger partial charge is 0.492 e. The molecule has 2 aliphatic rings. The van der Waals surface area contributed by atoms with Crippen molar-refractivity contribution in [2.75, 3.05) is 14.2 Å². The van der Waals surface area contributed by atoms with Crippen LogP contribution in [0.15, 0.2) is 25.7 Å². The van der Waals surface area contributed by atoms with Gasteiger partial charge in [-0.05, 0) is 18.8 Å². The molecule has 2 aliphatic carbocycles. The molecular weight excluding hydrogens is 220 g/mol. The zero-order valence-corrected chi connectivity index (χ0v) is 10.4. The molecule has 0 spiro atoms. The van der Waals surface area contributed by atoms with Gasteiger partial charge in [-0.15, -0.1) is 0 Å². The van der Waals surface area contributed by atoms with Gasteiger partial charge in [-0.3, -0.25) is 0 Å². The van der Waals surface area contributed by atoms with E-state index in [4.69, 9.17) is 18.9 Å². The van der Waals surface area contributed by atoms with E-state index >= 15 is 0 Å². The minimum atomic E-state index is -0.490. The van der Waals surface area contributed by atoms with Crippen molar-refractivity contribution in [1.29, 1.82) is 0 Å². The van der Waals surface area contributed by atoms with E-state index in [1.165, 1.54) is 12.5 Å². The minimum absolute atomic E-state index is 0.0156. The van der Waals surface area contributed by atoms with Crippen LogP contribution < -0.4 is 0 Å². The first kappa shape index (κ1) is 12.5. The zero-order valence-electron chi connectivity index (χ0n) is 10.4. The Balaban J connectivity index is 2.30. The van der Waals surface area contributed by atoms with Crippen LogP contribution in [0.2, 0.25) is 0 Å². The molecule has 5 unspecified atom stereocenters. The summed E-state index contributed by atoms with van der Waals surface area (Å²) in [5, 5.41) is 0. The van der Waals surface area contributed by atoms with E-state index in [2.05, 4.69) is 13.2 Å². The summed E-state index contributed by atoms with van der Waals surface area (Å²) >= 11 is 0. The Morgan fingerprint density at radius 2 is 1.94 bits per heavy atom. The molecule has 0 N–H and O–H groups in total. The molecule has 17 heavy (non-hydrogen) atoms. The quantitative estimate of drug-likeness (QED) is 0.664. The second-order valence-corrected chi connectivity index (χ2v) is 4.59. The second-order valence-electron chi connectivity index (χ2n) is 4.59. The van der Waals surface area contributed by atoms with Gasteiger partial charge in [0.05, 0.1) is 12.5 Å². The second kappa shape index (κ2) is 4.70. The Bertz CT molecular complexity index is 302. The van der Waals surface area contributed by atoms with E-state index in [1.807, 2.05) is 0 Å². The van der Waals surface area contributed by atoms with Crippen LogP contribution >= 0.6 is 0 Å². The van der Waals surface area contributed by atoms with Gasteiger partial charge < -0.3 is 18.9 Å². The van der Waals surface area contributed by atoms with Crippen LogP contribution in [0.25, 0.3) is 0 Å². The van der Waals surface area contributed by atoms with E-state index in [1.54, 1.807) is 14.2 Å². The summed E-state index contributed by atoms with van der Waals surface area (Å²) in [6.45, 7) is 7.27.